The normalized spacial score (nSPS) is 10.7. The number of nitriles is 1. The Morgan fingerprint density at radius 3 is 2.68 bits per heavy atom. The van der Waals surface area contributed by atoms with Crippen LogP contribution in [-0.2, 0) is 10.0 Å². The molecule has 8 heteroatoms. The standard InChI is InChI=1S/C11H9N3O3S2/c1-17-10-4-2-8(7-13-10)14-19(15,16)11-5-3-9(6-12)18-11/h2-5,7,14H,1H3. The molecule has 0 atom stereocenters. The van der Waals surface area contributed by atoms with Gasteiger partial charge in [-0.25, -0.2) is 13.4 Å². The molecule has 2 rings (SSSR count). The number of nitrogens with one attached hydrogen (secondary N) is 1. The molecule has 0 amide bonds. The van der Waals surface area contributed by atoms with E-state index in [1.807, 2.05) is 6.07 Å². The van der Waals surface area contributed by atoms with E-state index in [1.165, 1.54) is 25.4 Å². The molecular formula is C11H9N3O3S2. The molecule has 0 saturated heterocycles. The van der Waals surface area contributed by atoms with Gasteiger partial charge in [0.15, 0.2) is 0 Å². The number of sulfonamides is 1. The Hall–Kier alpha value is -2.11. The van der Waals surface area contributed by atoms with Gasteiger partial charge in [0.05, 0.1) is 19.0 Å². The molecule has 0 aliphatic heterocycles. The SMILES string of the molecule is COc1ccc(NS(=O)(=O)c2ccc(C#N)s2)cn1. The number of ether oxygens (including phenoxy) is 1. The van der Waals surface area contributed by atoms with Crippen molar-refractivity contribution in [2.45, 2.75) is 4.21 Å². The summed E-state index contributed by atoms with van der Waals surface area (Å²) in [6, 6.07) is 7.84. The maximum absolute atomic E-state index is 12.0. The van der Waals surface area contributed by atoms with Gasteiger partial charge in [-0.3, -0.25) is 4.72 Å². The van der Waals surface area contributed by atoms with E-state index >= 15 is 0 Å². The molecule has 0 aliphatic rings. The summed E-state index contributed by atoms with van der Waals surface area (Å²) in [5.41, 5.74) is 0.327. The fraction of sp³-hybridized carbons (Fsp3) is 0.0909. The van der Waals surface area contributed by atoms with Gasteiger partial charge in [-0.1, -0.05) is 0 Å². The summed E-state index contributed by atoms with van der Waals surface area (Å²) in [7, 11) is -2.21. The smallest absolute Gasteiger partial charge is 0.271 e. The minimum atomic E-state index is -3.69. The first kappa shape index (κ1) is 13.3. The molecule has 2 heterocycles. The fourth-order valence-corrected chi connectivity index (χ4v) is 3.44. The fourth-order valence-electron chi connectivity index (χ4n) is 1.29. The van der Waals surface area contributed by atoms with Crippen LogP contribution in [0.5, 0.6) is 5.88 Å². The predicted octanol–water partition coefficient (Wildman–Crippen LogP) is 1.82. The molecule has 0 unspecified atom stereocenters. The summed E-state index contributed by atoms with van der Waals surface area (Å²) in [6.45, 7) is 0. The van der Waals surface area contributed by atoms with Crippen LogP contribution in [0.2, 0.25) is 0 Å². The highest BCUT2D eigenvalue weighted by Crippen LogP contribution is 2.23. The summed E-state index contributed by atoms with van der Waals surface area (Å²) >= 11 is 0.910. The summed E-state index contributed by atoms with van der Waals surface area (Å²) in [4.78, 5) is 4.24. The van der Waals surface area contributed by atoms with Crippen molar-refractivity contribution < 1.29 is 13.2 Å². The first-order valence-corrected chi connectivity index (χ1v) is 7.38. The number of rotatable bonds is 4. The lowest BCUT2D eigenvalue weighted by Gasteiger charge is -2.06. The minimum Gasteiger partial charge on any atom is -0.481 e. The number of hydrogen-bond acceptors (Lipinski definition) is 6. The van der Waals surface area contributed by atoms with Crippen molar-refractivity contribution in [3.05, 3.63) is 35.3 Å². The predicted molar refractivity (Wildman–Crippen MR) is 70.6 cm³/mol. The molecule has 0 saturated carbocycles. The van der Waals surface area contributed by atoms with E-state index in [1.54, 1.807) is 12.1 Å². The van der Waals surface area contributed by atoms with Crippen LogP contribution in [-0.4, -0.2) is 20.5 Å². The summed E-state index contributed by atoms with van der Waals surface area (Å²) < 4.78 is 31.4. The van der Waals surface area contributed by atoms with Crippen LogP contribution < -0.4 is 9.46 Å². The molecule has 98 valence electrons. The molecule has 6 nitrogen and oxygen atoms in total. The highest BCUT2D eigenvalue weighted by Gasteiger charge is 2.17. The van der Waals surface area contributed by atoms with E-state index in [9.17, 15) is 8.42 Å². The third-order valence-electron chi connectivity index (χ3n) is 2.15. The van der Waals surface area contributed by atoms with Crippen LogP contribution in [0.15, 0.2) is 34.7 Å². The second-order valence-corrected chi connectivity index (χ2v) is 6.42. The molecular weight excluding hydrogens is 286 g/mol. The number of nitrogens with zero attached hydrogens (tertiary/aromatic N) is 2. The lowest BCUT2D eigenvalue weighted by Crippen LogP contribution is -2.11. The van der Waals surface area contributed by atoms with Gasteiger partial charge in [0, 0.05) is 6.07 Å². The number of hydrogen-bond donors (Lipinski definition) is 1. The summed E-state index contributed by atoms with van der Waals surface area (Å²) in [5.74, 6) is 0.394. The zero-order valence-corrected chi connectivity index (χ0v) is 11.5. The maximum atomic E-state index is 12.0. The Labute approximate surface area is 114 Å². The van der Waals surface area contributed by atoms with Crippen molar-refractivity contribution in [1.82, 2.24) is 4.98 Å². The number of methoxy groups -OCH3 is 1. The quantitative estimate of drug-likeness (QED) is 0.929. The Kier molecular flexibility index (Phi) is 3.69. The van der Waals surface area contributed by atoms with E-state index < -0.39 is 10.0 Å². The molecule has 0 spiro atoms. The number of anilines is 1. The highest BCUT2D eigenvalue weighted by atomic mass is 32.2. The summed E-state index contributed by atoms with van der Waals surface area (Å²) in [5, 5.41) is 8.69. The zero-order valence-electron chi connectivity index (χ0n) is 9.82. The van der Waals surface area contributed by atoms with Crippen molar-refractivity contribution in [1.29, 1.82) is 5.26 Å². The van der Waals surface area contributed by atoms with Gasteiger partial charge in [-0.15, -0.1) is 11.3 Å². The Morgan fingerprint density at radius 1 is 1.37 bits per heavy atom. The van der Waals surface area contributed by atoms with E-state index in [-0.39, 0.29) is 4.21 Å². The van der Waals surface area contributed by atoms with Gasteiger partial charge in [0.1, 0.15) is 15.2 Å². The lowest BCUT2D eigenvalue weighted by atomic mass is 10.4. The second-order valence-electron chi connectivity index (χ2n) is 3.43. The Morgan fingerprint density at radius 2 is 2.16 bits per heavy atom. The lowest BCUT2D eigenvalue weighted by molar-refractivity contribution is 0.398. The second kappa shape index (κ2) is 5.26. The molecule has 0 bridgehead atoms. The van der Waals surface area contributed by atoms with E-state index in [0.29, 0.717) is 16.4 Å². The van der Waals surface area contributed by atoms with Crippen molar-refractivity contribution >= 4 is 27.0 Å². The highest BCUT2D eigenvalue weighted by molar-refractivity contribution is 7.94. The van der Waals surface area contributed by atoms with Crippen LogP contribution in [0.4, 0.5) is 5.69 Å². The van der Waals surface area contributed by atoms with Crippen LogP contribution in [0.25, 0.3) is 0 Å². The first-order chi connectivity index (χ1) is 9.05. The van der Waals surface area contributed by atoms with E-state index in [2.05, 4.69) is 9.71 Å². The molecule has 0 aliphatic carbocycles. The van der Waals surface area contributed by atoms with Crippen molar-refractivity contribution in [2.75, 3.05) is 11.8 Å². The van der Waals surface area contributed by atoms with Gasteiger partial charge in [0.25, 0.3) is 10.0 Å². The molecule has 1 N–H and O–H groups in total. The Bertz CT molecular complexity index is 714. The average molecular weight is 295 g/mol. The van der Waals surface area contributed by atoms with Gasteiger partial charge in [-0.05, 0) is 18.2 Å². The molecule has 0 aromatic carbocycles. The molecule has 19 heavy (non-hydrogen) atoms. The third-order valence-corrected chi connectivity index (χ3v) is 5.02. The van der Waals surface area contributed by atoms with Gasteiger partial charge < -0.3 is 4.74 Å². The van der Waals surface area contributed by atoms with Crippen molar-refractivity contribution in [3.63, 3.8) is 0 Å². The van der Waals surface area contributed by atoms with E-state index in [4.69, 9.17) is 10.00 Å². The van der Waals surface area contributed by atoms with Crippen molar-refractivity contribution in [3.8, 4) is 11.9 Å². The summed E-state index contributed by atoms with van der Waals surface area (Å²) in [6.07, 6.45) is 1.36. The third kappa shape index (κ3) is 3.01. The maximum Gasteiger partial charge on any atom is 0.271 e. The van der Waals surface area contributed by atoms with Gasteiger partial charge >= 0.3 is 0 Å². The van der Waals surface area contributed by atoms with Crippen LogP contribution in [0.3, 0.4) is 0 Å². The van der Waals surface area contributed by atoms with Gasteiger partial charge in [-0.2, -0.15) is 5.26 Å². The number of thiophene rings is 1. The molecule has 0 fully saturated rings. The van der Waals surface area contributed by atoms with Gasteiger partial charge in [0.2, 0.25) is 5.88 Å². The molecule has 2 aromatic heterocycles. The van der Waals surface area contributed by atoms with Crippen molar-refractivity contribution in [2.24, 2.45) is 0 Å². The van der Waals surface area contributed by atoms with Crippen LogP contribution in [0, 0.1) is 11.3 Å². The van der Waals surface area contributed by atoms with Crippen LogP contribution >= 0.6 is 11.3 Å². The van der Waals surface area contributed by atoms with E-state index in [0.717, 1.165) is 11.3 Å². The Balaban J connectivity index is 2.23. The number of pyridine rings is 1. The zero-order chi connectivity index (χ0) is 13.9. The number of aromatic nitrogens is 1. The first-order valence-electron chi connectivity index (χ1n) is 5.08. The molecule has 2 aromatic rings. The van der Waals surface area contributed by atoms with Crippen LogP contribution in [0.1, 0.15) is 4.88 Å². The monoisotopic (exact) mass is 295 g/mol. The average Bonchev–Trinajstić information content (AvgIpc) is 2.89. The topological polar surface area (TPSA) is 92.1 Å². The largest absolute Gasteiger partial charge is 0.481 e. The minimum absolute atomic E-state index is 0.0832. The molecule has 0 radical (unpaired) electrons.